The second-order valence-electron chi connectivity index (χ2n) is 4.62. The number of nitrogens with one attached hydrogen (secondary N) is 1. The predicted octanol–water partition coefficient (Wildman–Crippen LogP) is 1.93. The smallest absolute Gasteiger partial charge is 0.263 e. The summed E-state index contributed by atoms with van der Waals surface area (Å²) in [6, 6.07) is 14.3. The summed E-state index contributed by atoms with van der Waals surface area (Å²) in [5, 5.41) is 0. The lowest BCUT2D eigenvalue weighted by molar-refractivity contribution is 0.414. The van der Waals surface area contributed by atoms with Gasteiger partial charge in [0.15, 0.2) is 0 Å². The van der Waals surface area contributed by atoms with Crippen LogP contribution in [0.4, 0.5) is 0 Å². The zero-order chi connectivity index (χ0) is 14.9. The van der Waals surface area contributed by atoms with Gasteiger partial charge in [-0.25, -0.2) is 8.42 Å². The van der Waals surface area contributed by atoms with Gasteiger partial charge in [-0.3, -0.25) is 9.71 Å². The molecule has 0 saturated carbocycles. The third kappa shape index (κ3) is 2.62. The summed E-state index contributed by atoms with van der Waals surface area (Å²) in [7, 11) is -1.87. The molecule has 1 heterocycles. The molecule has 0 saturated heterocycles. The van der Waals surface area contributed by atoms with Gasteiger partial charge in [0, 0.05) is 5.56 Å². The number of fused-ring (bicyclic) bond motifs is 1. The van der Waals surface area contributed by atoms with Crippen molar-refractivity contribution in [3.8, 4) is 5.75 Å². The topological polar surface area (TPSA) is 67.8 Å². The standard InChI is InChI=1S/C15H14N2O3S/c1-20-12-6-4-5-11(9-12)10-16-15-13-7-2-3-8-14(13)21(18,19)17-15/h2-9H,10H2,1H3,(H,16,17). The lowest BCUT2D eigenvalue weighted by atomic mass is 10.2. The number of ether oxygens (including phenoxy) is 1. The molecule has 6 heteroatoms. The minimum absolute atomic E-state index is 0.273. The molecule has 0 radical (unpaired) electrons. The molecule has 0 atom stereocenters. The maximum atomic E-state index is 12.0. The van der Waals surface area contributed by atoms with Crippen molar-refractivity contribution in [1.29, 1.82) is 0 Å². The Morgan fingerprint density at radius 2 is 1.95 bits per heavy atom. The quantitative estimate of drug-likeness (QED) is 0.942. The second-order valence-corrected chi connectivity index (χ2v) is 6.27. The number of hydrogen-bond donors (Lipinski definition) is 1. The van der Waals surface area contributed by atoms with Gasteiger partial charge in [-0.05, 0) is 29.8 Å². The molecule has 0 spiro atoms. The van der Waals surface area contributed by atoms with Gasteiger partial charge in [0.05, 0.1) is 18.6 Å². The molecule has 2 aromatic carbocycles. The Balaban J connectivity index is 1.91. The summed E-state index contributed by atoms with van der Waals surface area (Å²) < 4.78 is 31.6. The number of rotatable bonds is 3. The van der Waals surface area contributed by atoms with Crippen molar-refractivity contribution in [3.63, 3.8) is 0 Å². The van der Waals surface area contributed by atoms with Gasteiger partial charge in [-0.2, -0.15) is 0 Å². The molecule has 21 heavy (non-hydrogen) atoms. The zero-order valence-electron chi connectivity index (χ0n) is 11.4. The molecular formula is C15H14N2O3S. The average Bonchev–Trinajstić information content (AvgIpc) is 2.77. The van der Waals surface area contributed by atoms with Crippen LogP contribution in [0.1, 0.15) is 11.1 Å². The minimum Gasteiger partial charge on any atom is -0.497 e. The van der Waals surface area contributed by atoms with Crippen LogP contribution in [0.15, 0.2) is 58.4 Å². The zero-order valence-corrected chi connectivity index (χ0v) is 12.2. The molecular weight excluding hydrogens is 288 g/mol. The van der Waals surface area contributed by atoms with Crippen LogP contribution < -0.4 is 9.46 Å². The molecule has 0 bridgehead atoms. The first kappa shape index (κ1) is 13.6. The van der Waals surface area contributed by atoms with E-state index < -0.39 is 10.0 Å². The summed E-state index contributed by atoms with van der Waals surface area (Å²) in [6.07, 6.45) is 0. The Morgan fingerprint density at radius 3 is 2.76 bits per heavy atom. The molecule has 3 rings (SSSR count). The van der Waals surface area contributed by atoms with Gasteiger partial charge >= 0.3 is 0 Å². The molecule has 108 valence electrons. The van der Waals surface area contributed by atoms with Crippen LogP contribution >= 0.6 is 0 Å². The van der Waals surface area contributed by atoms with Gasteiger partial charge in [-0.15, -0.1) is 0 Å². The lowest BCUT2D eigenvalue weighted by Crippen LogP contribution is -2.22. The number of methoxy groups -OCH3 is 1. The van der Waals surface area contributed by atoms with Crippen molar-refractivity contribution >= 4 is 15.9 Å². The summed E-state index contributed by atoms with van der Waals surface area (Å²) in [6.45, 7) is 0.378. The van der Waals surface area contributed by atoms with E-state index in [0.717, 1.165) is 11.3 Å². The van der Waals surface area contributed by atoms with Crippen molar-refractivity contribution in [1.82, 2.24) is 4.72 Å². The Bertz CT molecular complexity index is 813. The van der Waals surface area contributed by atoms with E-state index in [1.807, 2.05) is 24.3 Å². The minimum atomic E-state index is -3.48. The fraction of sp³-hybridized carbons (Fsp3) is 0.133. The summed E-state index contributed by atoms with van der Waals surface area (Å²) in [5.41, 5.74) is 1.56. The highest BCUT2D eigenvalue weighted by Gasteiger charge is 2.29. The van der Waals surface area contributed by atoms with Gasteiger partial charge in [-0.1, -0.05) is 24.3 Å². The summed E-state index contributed by atoms with van der Waals surface area (Å²) >= 11 is 0. The number of hydrogen-bond acceptors (Lipinski definition) is 4. The van der Waals surface area contributed by atoms with Gasteiger partial charge < -0.3 is 4.74 Å². The Hall–Kier alpha value is -2.34. The van der Waals surface area contributed by atoms with Crippen LogP contribution in [-0.2, 0) is 16.6 Å². The molecule has 0 amide bonds. The van der Waals surface area contributed by atoms with Crippen molar-refractivity contribution in [2.75, 3.05) is 7.11 Å². The van der Waals surface area contributed by atoms with Crippen molar-refractivity contribution in [3.05, 3.63) is 59.7 Å². The van der Waals surface area contributed by atoms with Gasteiger partial charge in [0.25, 0.3) is 10.0 Å². The van der Waals surface area contributed by atoms with Crippen LogP contribution in [-0.4, -0.2) is 21.4 Å². The van der Waals surface area contributed by atoms with E-state index in [-0.39, 0.29) is 4.90 Å². The third-order valence-corrected chi connectivity index (χ3v) is 4.61. The monoisotopic (exact) mass is 302 g/mol. The predicted molar refractivity (Wildman–Crippen MR) is 80.0 cm³/mol. The Morgan fingerprint density at radius 1 is 1.14 bits per heavy atom. The second kappa shape index (κ2) is 5.21. The lowest BCUT2D eigenvalue weighted by Gasteiger charge is -2.03. The highest BCUT2D eigenvalue weighted by Crippen LogP contribution is 2.22. The number of nitrogens with zero attached hydrogens (tertiary/aromatic N) is 1. The molecule has 0 aromatic heterocycles. The van der Waals surface area contributed by atoms with Crippen LogP contribution in [0, 0.1) is 0 Å². The van der Waals surface area contributed by atoms with E-state index in [4.69, 9.17) is 4.74 Å². The van der Waals surface area contributed by atoms with E-state index in [2.05, 4.69) is 9.71 Å². The summed E-state index contributed by atoms with van der Waals surface area (Å²) in [4.78, 5) is 4.65. The van der Waals surface area contributed by atoms with Crippen molar-refractivity contribution < 1.29 is 13.2 Å². The fourth-order valence-corrected chi connectivity index (χ4v) is 3.44. The number of aliphatic imine (C=N–C) groups is 1. The molecule has 0 unspecified atom stereocenters. The normalized spacial score (nSPS) is 17.3. The van der Waals surface area contributed by atoms with Crippen molar-refractivity contribution in [2.45, 2.75) is 11.4 Å². The first-order valence-corrected chi connectivity index (χ1v) is 7.88. The highest BCUT2D eigenvalue weighted by atomic mass is 32.2. The molecule has 1 aliphatic heterocycles. The number of sulfonamides is 1. The average molecular weight is 302 g/mol. The Kier molecular flexibility index (Phi) is 3.39. The Labute approximate surface area is 123 Å². The third-order valence-electron chi connectivity index (χ3n) is 3.22. The van der Waals surface area contributed by atoms with Gasteiger partial charge in [0.2, 0.25) is 0 Å². The van der Waals surface area contributed by atoms with Crippen LogP contribution in [0.3, 0.4) is 0 Å². The van der Waals surface area contributed by atoms with Crippen LogP contribution in [0.5, 0.6) is 5.75 Å². The fourth-order valence-electron chi connectivity index (χ4n) is 2.19. The van der Waals surface area contributed by atoms with E-state index in [1.54, 1.807) is 31.4 Å². The van der Waals surface area contributed by atoms with Crippen LogP contribution in [0.2, 0.25) is 0 Å². The van der Waals surface area contributed by atoms with E-state index >= 15 is 0 Å². The number of benzene rings is 2. The maximum absolute atomic E-state index is 12.0. The first-order valence-electron chi connectivity index (χ1n) is 6.40. The molecule has 2 aromatic rings. The number of amidine groups is 1. The van der Waals surface area contributed by atoms with E-state index in [0.29, 0.717) is 17.9 Å². The van der Waals surface area contributed by atoms with Crippen molar-refractivity contribution in [2.24, 2.45) is 4.99 Å². The molecule has 1 aliphatic rings. The first-order chi connectivity index (χ1) is 10.1. The molecule has 1 N–H and O–H groups in total. The summed E-state index contributed by atoms with van der Waals surface area (Å²) in [5.74, 6) is 1.13. The molecule has 0 fully saturated rings. The SMILES string of the molecule is COc1cccc(CN=C2NS(=O)(=O)c3ccccc32)c1. The molecule has 5 nitrogen and oxygen atoms in total. The van der Waals surface area contributed by atoms with Gasteiger partial charge in [0.1, 0.15) is 11.6 Å². The largest absolute Gasteiger partial charge is 0.497 e. The highest BCUT2D eigenvalue weighted by molar-refractivity contribution is 7.90. The molecule has 0 aliphatic carbocycles. The van der Waals surface area contributed by atoms with E-state index in [1.165, 1.54) is 0 Å². The van der Waals surface area contributed by atoms with E-state index in [9.17, 15) is 8.42 Å². The van der Waals surface area contributed by atoms with Crippen LogP contribution in [0.25, 0.3) is 0 Å². The maximum Gasteiger partial charge on any atom is 0.263 e.